The molecule has 0 saturated carbocycles. The van der Waals surface area contributed by atoms with Gasteiger partial charge in [0.25, 0.3) is 0 Å². The zero-order valence-electron chi connectivity index (χ0n) is 12.7. The first-order valence-corrected chi connectivity index (χ1v) is 7.75. The van der Waals surface area contributed by atoms with Crippen LogP contribution in [0.15, 0.2) is 0 Å². The summed E-state index contributed by atoms with van der Waals surface area (Å²) in [5.74, 6) is -1.41. The van der Waals surface area contributed by atoms with Gasteiger partial charge in [0.2, 0.25) is 0 Å². The van der Waals surface area contributed by atoms with Gasteiger partial charge >= 0.3 is 5.97 Å². The average molecular weight is 314 g/mol. The molecule has 22 heavy (non-hydrogen) atoms. The lowest BCUT2D eigenvalue weighted by atomic mass is 9.83. The second-order valence-corrected chi connectivity index (χ2v) is 6.11. The second kappa shape index (κ2) is 7.04. The van der Waals surface area contributed by atoms with E-state index in [1.54, 1.807) is 0 Å². The monoisotopic (exact) mass is 314 g/mol. The third-order valence-electron chi connectivity index (χ3n) is 4.11. The fraction of sp³-hybridized carbons (Fsp3) is 0.867. The third kappa shape index (κ3) is 4.49. The van der Waals surface area contributed by atoms with E-state index < -0.39 is 11.8 Å². The first-order chi connectivity index (χ1) is 10.6. The summed E-state index contributed by atoms with van der Waals surface area (Å²) in [5.41, 5.74) is 0. The summed E-state index contributed by atoms with van der Waals surface area (Å²) in [6.45, 7) is 4.13. The Labute approximate surface area is 129 Å². The lowest BCUT2D eigenvalue weighted by Gasteiger charge is -2.32. The van der Waals surface area contributed by atoms with E-state index in [2.05, 4.69) is 0 Å². The number of hydrogen-bond acceptors (Lipinski definition) is 7. The lowest BCUT2D eigenvalue weighted by Crippen LogP contribution is -2.43. The zero-order valence-corrected chi connectivity index (χ0v) is 12.7. The predicted octanol–water partition coefficient (Wildman–Crippen LogP) is -0.0459. The average Bonchev–Trinajstić information content (AvgIpc) is 3.38. The smallest absolute Gasteiger partial charge is 0.309 e. The molecular weight excluding hydrogens is 292 g/mol. The van der Waals surface area contributed by atoms with Crippen molar-refractivity contribution >= 4 is 11.8 Å². The van der Waals surface area contributed by atoms with Gasteiger partial charge in [-0.1, -0.05) is 0 Å². The van der Waals surface area contributed by atoms with Gasteiger partial charge in [-0.3, -0.25) is 9.59 Å². The Morgan fingerprint density at radius 3 is 2.36 bits per heavy atom. The molecule has 3 aliphatic heterocycles. The Morgan fingerprint density at radius 1 is 1.00 bits per heavy atom. The van der Waals surface area contributed by atoms with Crippen LogP contribution in [-0.4, -0.2) is 69.7 Å². The first kappa shape index (κ1) is 15.9. The minimum atomic E-state index is -0.496. The van der Waals surface area contributed by atoms with Crippen molar-refractivity contribution in [3.05, 3.63) is 0 Å². The number of epoxide rings is 2. The molecule has 0 bridgehead atoms. The van der Waals surface area contributed by atoms with Gasteiger partial charge in [-0.15, -0.1) is 0 Å². The van der Waals surface area contributed by atoms with Crippen molar-refractivity contribution in [1.82, 2.24) is 0 Å². The number of rotatable bonds is 8. The summed E-state index contributed by atoms with van der Waals surface area (Å²) in [6, 6.07) is 0. The molecule has 0 spiro atoms. The van der Waals surface area contributed by atoms with Crippen LogP contribution in [0.25, 0.3) is 0 Å². The fourth-order valence-electron chi connectivity index (χ4n) is 2.56. The summed E-state index contributed by atoms with van der Waals surface area (Å²) < 4.78 is 26.2. The topological polar surface area (TPSA) is 86.9 Å². The maximum absolute atomic E-state index is 12.3. The minimum Gasteiger partial charge on any atom is -0.463 e. The molecular formula is C15H22O7. The molecule has 0 aliphatic carbocycles. The van der Waals surface area contributed by atoms with Crippen LogP contribution >= 0.6 is 0 Å². The van der Waals surface area contributed by atoms with E-state index in [-0.39, 0.29) is 49.9 Å². The van der Waals surface area contributed by atoms with Crippen LogP contribution in [0.2, 0.25) is 0 Å². The van der Waals surface area contributed by atoms with E-state index in [1.165, 1.54) is 0 Å². The molecule has 0 aromatic rings. The Balaban J connectivity index is 1.50. The van der Waals surface area contributed by atoms with Gasteiger partial charge in [-0.05, 0) is 13.3 Å². The highest BCUT2D eigenvalue weighted by Gasteiger charge is 2.40. The number of carbonyl (C=O) groups is 2. The highest BCUT2D eigenvalue weighted by atomic mass is 16.6. The largest absolute Gasteiger partial charge is 0.463 e. The molecule has 5 atom stereocenters. The van der Waals surface area contributed by atoms with Gasteiger partial charge in [-0.25, -0.2) is 0 Å². The normalized spacial score (nSPS) is 36.7. The molecule has 0 amide bonds. The van der Waals surface area contributed by atoms with E-state index in [0.717, 1.165) is 0 Å². The summed E-state index contributed by atoms with van der Waals surface area (Å²) in [4.78, 5) is 24.5. The van der Waals surface area contributed by atoms with Gasteiger partial charge in [0.05, 0.1) is 44.4 Å². The van der Waals surface area contributed by atoms with Gasteiger partial charge < -0.3 is 23.7 Å². The lowest BCUT2D eigenvalue weighted by molar-refractivity contribution is -0.163. The first-order valence-electron chi connectivity index (χ1n) is 7.75. The molecule has 3 rings (SSSR count). The van der Waals surface area contributed by atoms with Crippen molar-refractivity contribution in [2.75, 3.05) is 39.6 Å². The maximum Gasteiger partial charge on any atom is 0.309 e. The molecule has 7 nitrogen and oxygen atoms in total. The summed E-state index contributed by atoms with van der Waals surface area (Å²) in [7, 11) is 0. The molecule has 3 fully saturated rings. The third-order valence-corrected chi connectivity index (χ3v) is 4.11. The van der Waals surface area contributed by atoms with E-state index in [0.29, 0.717) is 26.2 Å². The minimum absolute atomic E-state index is 0.0161. The number of ketones is 1. The molecule has 3 saturated heterocycles. The highest BCUT2D eigenvalue weighted by Crippen LogP contribution is 2.28. The molecule has 0 radical (unpaired) electrons. The standard InChI is InChI=1S/C15H22O7/c1-9-2-12(15(17)22-6-11-5-21-11)13(7-19-9)14(16)8-18-3-10-4-20-10/h9-13H,2-8H2,1H3. The number of esters is 1. The van der Waals surface area contributed by atoms with Crippen molar-refractivity contribution in [1.29, 1.82) is 0 Å². The van der Waals surface area contributed by atoms with Crippen LogP contribution in [0.3, 0.4) is 0 Å². The summed E-state index contributed by atoms with van der Waals surface area (Å²) in [6.07, 6.45) is 0.582. The fourth-order valence-corrected chi connectivity index (χ4v) is 2.56. The van der Waals surface area contributed by atoms with Gasteiger partial charge in [0.15, 0.2) is 5.78 Å². The van der Waals surface area contributed by atoms with Crippen LogP contribution in [0.4, 0.5) is 0 Å². The van der Waals surface area contributed by atoms with Crippen LogP contribution in [-0.2, 0) is 33.3 Å². The number of hydrogen-bond donors (Lipinski definition) is 0. The van der Waals surface area contributed by atoms with E-state index in [9.17, 15) is 9.59 Å². The van der Waals surface area contributed by atoms with Gasteiger partial charge in [0, 0.05) is 0 Å². The molecule has 0 N–H and O–H groups in total. The van der Waals surface area contributed by atoms with Crippen LogP contribution in [0, 0.1) is 11.8 Å². The Bertz CT molecular complexity index is 416. The van der Waals surface area contributed by atoms with E-state index >= 15 is 0 Å². The van der Waals surface area contributed by atoms with Crippen LogP contribution in [0.1, 0.15) is 13.3 Å². The Kier molecular flexibility index (Phi) is 5.07. The zero-order chi connectivity index (χ0) is 15.5. The van der Waals surface area contributed by atoms with E-state index in [4.69, 9.17) is 23.7 Å². The van der Waals surface area contributed by atoms with Gasteiger partial charge in [-0.2, -0.15) is 0 Å². The summed E-state index contributed by atoms with van der Waals surface area (Å²) in [5, 5.41) is 0. The van der Waals surface area contributed by atoms with E-state index in [1.807, 2.05) is 6.92 Å². The molecule has 0 aromatic heterocycles. The molecule has 3 aliphatic rings. The van der Waals surface area contributed by atoms with Crippen molar-refractivity contribution in [3.63, 3.8) is 0 Å². The molecule has 7 heteroatoms. The second-order valence-electron chi connectivity index (χ2n) is 6.11. The van der Waals surface area contributed by atoms with Crippen LogP contribution < -0.4 is 0 Å². The Hall–Kier alpha value is -1.02. The van der Waals surface area contributed by atoms with Crippen molar-refractivity contribution in [2.45, 2.75) is 31.7 Å². The molecule has 124 valence electrons. The Morgan fingerprint density at radius 2 is 1.68 bits per heavy atom. The van der Waals surface area contributed by atoms with Crippen molar-refractivity contribution < 1.29 is 33.3 Å². The number of Topliss-reactive ketones (excluding diaryl/α,β-unsaturated/α-hetero) is 1. The summed E-state index contributed by atoms with van der Waals surface area (Å²) >= 11 is 0. The SMILES string of the molecule is CC1CC(C(=O)OCC2CO2)C(C(=O)COCC2CO2)CO1. The van der Waals surface area contributed by atoms with Gasteiger partial charge in [0.1, 0.15) is 25.4 Å². The van der Waals surface area contributed by atoms with Crippen LogP contribution in [0.5, 0.6) is 0 Å². The predicted molar refractivity (Wildman–Crippen MR) is 73.3 cm³/mol. The maximum atomic E-state index is 12.3. The highest BCUT2D eigenvalue weighted by molar-refractivity contribution is 5.88. The quantitative estimate of drug-likeness (QED) is 0.459. The van der Waals surface area contributed by atoms with Crippen molar-refractivity contribution in [3.8, 4) is 0 Å². The molecule has 0 aromatic carbocycles. The number of ether oxygens (including phenoxy) is 5. The molecule has 3 heterocycles. The van der Waals surface area contributed by atoms with Crippen molar-refractivity contribution in [2.24, 2.45) is 11.8 Å². The molecule has 5 unspecified atom stereocenters. The number of carbonyl (C=O) groups excluding carboxylic acids is 2.